The standard InChI is InChI=1S/C12H17NO.ClH/c1-2-3-7-10-13-12(14)11-8-5-4-6-9-11;/h4-6,8-9H,2-3,7,10H2,1H3,(H,13,14);1H. The predicted octanol–water partition coefficient (Wildman–Crippen LogP) is 3.03. The Hall–Kier alpha value is -1.02. The van der Waals surface area contributed by atoms with Crippen LogP contribution < -0.4 is 5.32 Å². The molecule has 15 heavy (non-hydrogen) atoms. The fourth-order valence-corrected chi connectivity index (χ4v) is 1.27. The number of halogens is 1. The quantitative estimate of drug-likeness (QED) is 0.770. The summed E-state index contributed by atoms with van der Waals surface area (Å²) in [6, 6.07) is 9.32. The van der Waals surface area contributed by atoms with E-state index in [1.807, 2.05) is 30.3 Å². The fraction of sp³-hybridized carbons (Fsp3) is 0.417. The van der Waals surface area contributed by atoms with Crippen molar-refractivity contribution in [3.8, 4) is 0 Å². The summed E-state index contributed by atoms with van der Waals surface area (Å²) >= 11 is 0. The minimum atomic E-state index is 0. The molecule has 3 heteroatoms. The van der Waals surface area contributed by atoms with Gasteiger partial charge in [0.05, 0.1) is 0 Å². The van der Waals surface area contributed by atoms with Gasteiger partial charge in [0.15, 0.2) is 0 Å². The van der Waals surface area contributed by atoms with Crippen molar-refractivity contribution in [2.45, 2.75) is 26.2 Å². The zero-order valence-corrected chi connectivity index (χ0v) is 9.85. The molecular weight excluding hydrogens is 210 g/mol. The molecule has 0 unspecified atom stereocenters. The molecule has 1 amide bonds. The van der Waals surface area contributed by atoms with Crippen molar-refractivity contribution in [2.24, 2.45) is 0 Å². The molecule has 1 aromatic rings. The van der Waals surface area contributed by atoms with Gasteiger partial charge in [-0.25, -0.2) is 0 Å². The molecule has 84 valence electrons. The van der Waals surface area contributed by atoms with Crippen LogP contribution in [-0.4, -0.2) is 12.5 Å². The second-order valence-electron chi connectivity index (χ2n) is 3.33. The van der Waals surface area contributed by atoms with E-state index in [1.165, 1.54) is 12.8 Å². The number of carbonyl (C=O) groups is 1. The number of amides is 1. The van der Waals surface area contributed by atoms with Gasteiger partial charge in [-0.2, -0.15) is 0 Å². The van der Waals surface area contributed by atoms with Gasteiger partial charge < -0.3 is 5.32 Å². The highest BCUT2D eigenvalue weighted by Gasteiger charge is 2.01. The van der Waals surface area contributed by atoms with Crippen LogP contribution in [0.15, 0.2) is 30.3 Å². The Morgan fingerprint density at radius 1 is 1.20 bits per heavy atom. The third kappa shape index (κ3) is 5.43. The minimum Gasteiger partial charge on any atom is -0.352 e. The Kier molecular flexibility index (Phi) is 7.74. The summed E-state index contributed by atoms with van der Waals surface area (Å²) < 4.78 is 0. The maximum absolute atomic E-state index is 11.5. The first-order chi connectivity index (χ1) is 6.84. The molecule has 0 aliphatic rings. The van der Waals surface area contributed by atoms with E-state index >= 15 is 0 Å². The van der Waals surface area contributed by atoms with Crippen LogP contribution in [0.3, 0.4) is 0 Å². The molecule has 1 rings (SSSR count). The lowest BCUT2D eigenvalue weighted by molar-refractivity contribution is 0.0953. The Morgan fingerprint density at radius 2 is 1.87 bits per heavy atom. The molecule has 0 aromatic heterocycles. The van der Waals surface area contributed by atoms with Crippen molar-refractivity contribution in [3.63, 3.8) is 0 Å². The van der Waals surface area contributed by atoms with Gasteiger partial charge in [-0.1, -0.05) is 38.0 Å². The van der Waals surface area contributed by atoms with Crippen molar-refractivity contribution in [1.29, 1.82) is 0 Å². The lowest BCUT2D eigenvalue weighted by Gasteiger charge is -2.03. The average Bonchev–Trinajstić information content (AvgIpc) is 2.25. The van der Waals surface area contributed by atoms with Crippen molar-refractivity contribution in [3.05, 3.63) is 35.9 Å². The van der Waals surface area contributed by atoms with E-state index in [9.17, 15) is 4.79 Å². The van der Waals surface area contributed by atoms with E-state index < -0.39 is 0 Å². The van der Waals surface area contributed by atoms with Crippen LogP contribution >= 0.6 is 12.4 Å². The predicted molar refractivity (Wildman–Crippen MR) is 65.5 cm³/mol. The SMILES string of the molecule is CCCCCNC(=O)c1ccccc1.Cl. The number of rotatable bonds is 5. The summed E-state index contributed by atoms with van der Waals surface area (Å²) in [4.78, 5) is 11.5. The van der Waals surface area contributed by atoms with Crippen LogP contribution in [0.5, 0.6) is 0 Å². The van der Waals surface area contributed by atoms with Gasteiger partial charge in [-0.05, 0) is 18.6 Å². The topological polar surface area (TPSA) is 29.1 Å². The van der Waals surface area contributed by atoms with E-state index in [0.717, 1.165) is 18.5 Å². The van der Waals surface area contributed by atoms with Crippen LogP contribution in [0.2, 0.25) is 0 Å². The van der Waals surface area contributed by atoms with Crippen LogP contribution in [0.1, 0.15) is 36.5 Å². The van der Waals surface area contributed by atoms with E-state index in [2.05, 4.69) is 12.2 Å². The number of carbonyl (C=O) groups excluding carboxylic acids is 1. The van der Waals surface area contributed by atoms with Crippen molar-refractivity contribution in [2.75, 3.05) is 6.54 Å². The molecular formula is C12H18ClNO. The summed E-state index contributed by atoms with van der Waals surface area (Å²) in [5, 5.41) is 2.89. The molecule has 0 aliphatic carbocycles. The average molecular weight is 228 g/mol. The molecule has 0 saturated carbocycles. The molecule has 0 aliphatic heterocycles. The molecule has 1 aromatic carbocycles. The Morgan fingerprint density at radius 3 is 2.47 bits per heavy atom. The first kappa shape index (κ1) is 14.0. The van der Waals surface area contributed by atoms with E-state index in [-0.39, 0.29) is 18.3 Å². The summed E-state index contributed by atoms with van der Waals surface area (Å²) in [7, 11) is 0. The van der Waals surface area contributed by atoms with Gasteiger partial charge in [0, 0.05) is 12.1 Å². The third-order valence-corrected chi connectivity index (χ3v) is 2.10. The molecule has 0 heterocycles. The maximum atomic E-state index is 11.5. The molecule has 0 saturated heterocycles. The number of hydrogen-bond acceptors (Lipinski definition) is 1. The van der Waals surface area contributed by atoms with E-state index in [1.54, 1.807) is 0 Å². The van der Waals surface area contributed by atoms with Crippen LogP contribution in [-0.2, 0) is 0 Å². The summed E-state index contributed by atoms with van der Waals surface area (Å²) in [5.41, 5.74) is 0.740. The molecule has 1 N–H and O–H groups in total. The lowest BCUT2D eigenvalue weighted by Crippen LogP contribution is -2.24. The van der Waals surface area contributed by atoms with Gasteiger partial charge in [0.2, 0.25) is 0 Å². The van der Waals surface area contributed by atoms with E-state index in [0.29, 0.717) is 0 Å². The van der Waals surface area contributed by atoms with Crippen molar-refractivity contribution in [1.82, 2.24) is 5.32 Å². The Labute approximate surface area is 97.5 Å². The van der Waals surface area contributed by atoms with Gasteiger partial charge in [-0.15, -0.1) is 12.4 Å². The number of hydrogen-bond donors (Lipinski definition) is 1. The normalized spacial score (nSPS) is 9.13. The molecule has 0 atom stereocenters. The van der Waals surface area contributed by atoms with Gasteiger partial charge >= 0.3 is 0 Å². The second-order valence-corrected chi connectivity index (χ2v) is 3.33. The number of unbranched alkanes of at least 4 members (excludes halogenated alkanes) is 2. The number of nitrogens with one attached hydrogen (secondary N) is 1. The number of benzene rings is 1. The molecule has 0 bridgehead atoms. The monoisotopic (exact) mass is 227 g/mol. The highest BCUT2D eigenvalue weighted by Crippen LogP contribution is 1.98. The van der Waals surface area contributed by atoms with Crippen LogP contribution in [0, 0.1) is 0 Å². The largest absolute Gasteiger partial charge is 0.352 e. The zero-order chi connectivity index (χ0) is 10.2. The molecule has 2 nitrogen and oxygen atoms in total. The second kappa shape index (κ2) is 8.30. The van der Waals surface area contributed by atoms with Gasteiger partial charge in [0.1, 0.15) is 0 Å². The fourth-order valence-electron chi connectivity index (χ4n) is 1.27. The minimum absolute atomic E-state index is 0. The smallest absolute Gasteiger partial charge is 0.251 e. The van der Waals surface area contributed by atoms with Gasteiger partial charge in [-0.3, -0.25) is 4.79 Å². The zero-order valence-electron chi connectivity index (χ0n) is 9.03. The van der Waals surface area contributed by atoms with Gasteiger partial charge in [0.25, 0.3) is 5.91 Å². The van der Waals surface area contributed by atoms with E-state index in [4.69, 9.17) is 0 Å². The summed E-state index contributed by atoms with van der Waals surface area (Å²) in [6.45, 7) is 2.93. The first-order valence-electron chi connectivity index (χ1n) is 5.18. The molecule has 0 fully saturated rings. The maximum Gasteiger partial charge on any atom is 0.251 e. The summed E-state index contributed by atoms with van der Waals surface area (Å²) in [6.07, 6.45) is 3.42. The Bertz CT molecular complexity index is 274. The highest BCUT2D eigenvalue weighted by molar-refractivity contribution is 5.94. The third-order valence-electron chi connectivity index (χ3n) is 2.10. The molecule has 0 radical (unpaired) electrons. The van der Waals surface area contributed by atoms with Crippen molar-refractivity contribution < 1.29 is 4.79 Å². The summed E-state index contributed by atoms with van der Waals surface area (Å²) in [5.74, 6) is 0.0294. The first-order valence-corrected chi connectivity index (χ1v) is 5.18. The Balaban J connectivity index is 0.00000196. The van der Waals surface area contributed by atoms with Crippen molar-refractivity contribution >= 4 is 18.3 Å². The van der Waals surface area contributed by atoms with Crippen LogP contribution in [0.4, 0.5) is 0 Å². The lowest BCUT2D eigenvalue weighted by atomic mass is 10.2. The van der Waals surface area contributed by atoms with Crippen LogP contribution in [0.25, 0.3) is 0 Å². The molecule has 0 spiro atoms. The highest BCUT2D eigenvalue weighted by atomic mass is 35.5.